The van der Waals surface area contributed by atoms with Crippen molar-refractivity contribution < 1.29 is 4.79 Å². The third kappa shape index (κ3) is 3.51. The fourth-order valence-corrected chi connectivity index (χ4v) is 2.68. The number of carbonyl (C=O) groups excluding carboxylic acids is 1. The lowest BCUT2D eigenvalue weighted by Crippen LogP contribution is -2.19. The third-order valence-corrected chi connectivity index (χ3v) is 3.86. The van der Waals surface area contributed by atoms with Crippen LogP contribution in [0.5, 0.6) is 0 Å². The average molecular weight is 272 g/mol. The van der Waals surface area contributed by atoms with Gasteiger partial charge in [0.2, 0.25) is 5.91 Å². The summed E-state index contributed by atoms with van der Waals surface area (Å²) in [7, 11) is 0. The Morgan fingerprint density at radius 2 is 2.11 bits per heavy atom. The van der Waals surface area contributed by atoms with Crippen molar-refractivity contribution >= 4 is 17.2 Å². The topological polar surface area (TPSA) is 42.0 Å². The smallest absolute Gasteiger partial charge is 0.243 e. The first-order chi connectivity index (χ1) is 9.20. The number of nitrogens with zero attached hydrogens (tertiary/aromatic N) is 1. The van der Waals surface area contributed by atoms with Crippen molar-refractivity contribution in [2.45, 2.75) is 20.4 Å². The van der Waals surface area contributed by atoms with Gasteiger partial charge in [-0.1, -0.05) is 36.4 Å². The molecular weight excluding hydrogens is 256 g/mol. The second-order valence-corrected chi connectivity index (χ2v) is 5.20. The van der Waals surface area contributed by atoms with Gasteiger partial charge in [0.05, 0.1) is 12.2 Å². The molecule has 0 fully saturated rings. The largest absolute Gasteiger partial charge is 0.348 e. The van der Waals surface area contributed by atoms with Gasteiger partial charge in [-0.05, 0) is 19.9 Å². The molecule has 0 spiro atoms. The maximum absolute atomic E-state index is 11.4. The zero-order valence-corrected chi connectivity index (χ0v) is 11.8. The minimum atomic E-state index is -0.0726. The molecule has 0 saturated carbocycles. The summed E-state index contributed by atoms with van der Waals surface area (Å²) in [6.07, 6.45) is 3.25. The first-order valence-electron chi connectivity index (χ1n) is 6.13. The first kappa shape index (κ1) is 13.5. The molecular formula is C15H16N2OS. The van der Waals surface area contributed by atoms with E-state index in [0.29, 0.717) is 6.54 Å². The summed E-state index contributed by atoms with van der Waals surface area (Å²) in [5.74, 6) is -0.0726. The lowest BCUT2D eigenvalue weighted by molar-refractivity contribution is -0.116. The lowest BCUT2D eigenvalue weighted by Gasteiger charge is -1.99. The average Bonchev–Trinajstić information content (AvgIpc) is 2.79. The number of hydrogen-bond donors (Lipinski definition) is 1. The lowest BCUT2D eigenvalue weighted by atomic mass is 10.2. The van der Waals surface area contributed by atoms with Crippen LogP contribution in [-0.2, 0) is 11.3 Å². The minimum Gasteiger partial charge on any atom is -0.348 e. The second kappa shape index (κ2) is 6.29. The monoisotopic (exact) mass is 272 g/mol. The summed E-state index contributed by atoms with van der Waals surface area (Å²) in [5, 5.41) is 3.84. The molecule has 98 valence electrons. The van der Waals surface area contributed by atoms with Crippen molar-refractivity contribution in [1.82, 2.24) is 10.3 Å². The van der Waals surface area contributed by atoms with Crippen molar-refractivity contribution in [1.29, 1.82) is 0 Å². The number of rotatable bonds is 4. The Morgan fingerprint density at radius 1 is 1.37 bits per heavy atom. The third-order valence-electron chi connectivity index (χ3n) is 2.65. The first-order valence-corrected chi connectivity index (χ1v) is 6.94. The Balaban J connectivity index is 2.11. The van der Waals surface area contributed by atoms with Gasteiger partial charge in [0, 0.05) is 10.4 Å². The number of benzene rings is 1. The molecule has 2 aromatic rings. The van der Waals surface area contributed by atoms with E-state index in [0.717, 1.165) is 21.1 Å². The van der Waals surface area contributed by atoms with E-state index in [2.05, 4.69) is 10.3 Å². The molecule has 0 radical (unpaired) electrons. The van der Waals surface area contributed by atoms with Gasteiger partial charge < -0.3 is 5.32 Å². The van der Waals surface area contributed by atoms with E-state index >= 15 is 0 Å². The fourth-order valence-electron chi connectivity index (χ4n) is 1.67. The summed E-state index contributed by atoms with van der Waals surface area (Å²) < 4.78 is 0. The van der Waals surface area contributed by atoms with Crippen LogP contribution in [0.2, 0.25) is 0 Å². The normalized spacial score (nSPS) is 10.8. The van der Waals surface area contributed by atoms with Crippen LogP contribution in [0.25, 0.3) is 10.6 Å². The van der Waals surface area contributed by atoms with Crippen molar-refractivity contribution in [2.75, 3.05) is 0 Å². The summed E-state index contributed by atoms with van der Waals surface area (Å²) in [6.45, 7) is 4.32. The number of nitrogens with one attached hydrogen (secondary N) is 1. The second-order valence-electron chi connectivity index (χ2n) is 4.11. The van der Waals surface area contributed by atoms with Crippen LogP contribution in [0.1, 0.15) is 17.5 Å². The number of hydrogen-bond acceptors (Lipinski definition) is 3. The minimum absolute atomic E-state index is 0.0726. The number of aromatic nitrogens is 1. The predicted octanol–water partition coefficient (Wildman–Crippen LogP) is 3.31. The molecule has 3 nitrogen and oxygen atoms in total. The molecule has 1 aromatic carbocycles. The van der Waals surface area contributed by atoms with Crippen LogP contribution in [0.15, 0.2) is 42.5 Å². The Bertz CT molecular complexity index is 587. The molecule has 0 unspecified atom stereocenters. The SMILES string of the molecule is C/C=C/C(=O)NCc1sc(-c2ccccc2)nc1C. The number of aryl methyl sites for hydroxylation is 1. The van der Waals surface area contributed by atoms with Gasteiger partial charge in [-0.15, -0.1) is 11.3 Å². The molecule has 19 heavy (non-hydrogen) atoms. The maximum Gasteiger partial charge on any atom is 0.243 e. The van der Waals surface area contributed by atoms with Crippen LogP contribution >= 0.6 is 11.3 Å². The standard InChI is InChI=1S/C15H16N2OS/c1-3-7-14(18)16-10-13-11(2)17-15(19-13)12-8-5-4-6-9-12/h3-9H,10H2,1-2H3,(H,16,18)/b7-3+. The quantitative estimate of drug-likeness (QED) is 0.868. The van der Waals surface area contributed by atoms with Crippen molar-refractivity contribution in [3.63, 3.8) is 0 Å². The Kier molecular flexibility index (Phi) is 4.47. The Labute approximate surface area is 117 Å². The molecule has 0 aliphatic carbocycles. The molecule has 2 rings (SSSR count). The van der Waals surface area contributed by atoms with E-state index < -0.39 is 0 Å². The van der Waals surface area contributed by atoms with Crippen LogP contribution in [-0.4, -0.2) is 10.9 Å². The highest BCUT2D eigenvalue weighted by molar-refractivity contribution is 7.15. The van der Waals surface area contributed by atoms with Crippen LogP contribution < -0.4 is 5.32 Å². The van der Waals surface area contributed by atoms with Gasteiger partial charge in [-0.25, -0.2) is 4.98 Å². The van der Waals surface area contributed by atoms with Gasteiger partial charge >= 0.3 is 0 Å². The van der Waals surface area contributed by atoms with E-state index in [4.69, 9.17) is 0 Å². The van der Waals surface area contributed by atoms with Gasteiger partial charge in [-0.2, -0.15) is 0 Å². The summed E-state index contributed by atoms with van der Waals surface area (Å²) in [5.41, 5.74) is 2.09. The van der Waals surface area contributed by atoms with E-state index in [1.54, 1.807) is 17.4 Å². The molecule has 0 atom stereocenters. The van der Waals surface area contributed by atoms with E-state index in [-0.39, 0.29) is 5.91 Å². The fraction of sp³-hybridized carbons (Fsp3) is 0.200. The van der Waals surface area contributed by atoms with Crippen molar-refractivity contribution in [2.24, 2.45) is 0 Å². The highest BCUT2D eigenvalue weighted by Crippen LogP contribution is 2.27. The molecule has 0 saturated heterocycles. The molecule has 1 amide bonds. The molecule has 1 aromatic heterocycles. The zero-order valence-electron chi connectivity index (χ0n) is 11.0. The maximum atomic E-state index is 11.4. The van der Waals surface area contributed by atoms with Crippen LogP contribution in [0.3, 0.4) is 0 Å². The summed E-state index contributed by atoms with van der Waals surface area (Å²) >= 11 is 1.62. The summed E-state index contributed by atoms with van der Waals surface area (Å²) in [4.78, 5) is 17.0. The van der Waals surface area contributed by atoms with Crippen LogP contribution in [0.4, 0.5) is 0 Å². The molecule has 0 aliphatic rings. The Morgan fingerprint density at radius 3 is 2.79 bits per heavy atom. The zero-order chi connectivity index (χ0) is 13.7. The van der Waals surface area contributed by atoms with Gasteiger partial charge in [0.15, 0.2) is 0 Å². The van der Waals surface area contributed by atoms with E-state index in [1.807, 2.05) is 44.2 Å². The molecule has 0 bridgehead atoms. The van der Waals surface area contributed by atoms with E-state index in [9.17, 15) is 4.79 Å². The molecule has 1 heterocycles. The highest BCUT2D eigenvalue weighted by atomic mass is 32.1. The number of amides is 1. The van der Waals surface area contributed by atoms with Gasteiger partial charge in [-0.3, -0.25) is 4.79 Å². The van der Waals surface area contributed by atoms with Gasteiger partial charge in [0.1, 0.15) is 5.01 Å². The number of carbonyl (C=O) groups is 1. The number of allylic oxidation sites excluding steroid dienone is 1. The highest BCUT2D eigenvalue weighted by Gasteiger charge is 2.09. The molecule has 4 heteroatoms. The number of thiazole rings is 1. The van der Waals surface area contributed by atoms with Crippen molar-refractivity contribution in [3.05, 3.63) is 53.1 Å². The van der Waals surface area contributed by atoms with E-state index in [1.165, 1.54) is 6.08 Å². The van der Waals surface area contributed by atoms with Crippen molar-refractivity contribution in [3.8, 4) is 10.6 Å². The molecule has 1 N–H and O–H groups in total. The molecule has 0 aliphatic heterocycles. The van der Waals surface area contributed by atoms with Gasteiger partial charge in [0.25, 0.3) is 0 Å². The predicted molar refractivity (Wildman–Crippen MR) is 78.9 cm³/mol. The Hall–Kier alpha value is -1.94. The van der Waals surface area contributed by atoms with Crippen LogP contribution in [0, 0.1) is 6.92 Å². The summed E-state index contributed by atoms with van der Waals surface area (Å²) in [6, 6.07) is 10.1.